The Morgan fingerprint density at radius 2 is 1.89 bits per heavy atom. The van der Waals surface area contributed by atoms with Crippen LogP contribution in [-0.4, -0.2) is 40.1 Å². The van der Waals surface area contributed by atoms with Gasteiger partial charge >= 0.3 is 0 Å². The van der Waals surface area contributed by atoms with E-state index in [-0.39, 0.29) is 18.4 Å². The molecule has 1 aromatic carbocycles. The molecule has 0 unspecified atom stereocenters. The molecule has 4 rings (SSSR count). The van der Waals surface area contributed by atoms with Crippen molar-refractivity contribution in [3.8, 4) is 0 Å². The molecular weight excluding hydrogens is 350 g/mol. The van der Waals surface area contributed by atoms with Crippen molar-refractivity contribution in [2.24, 2.45) is 0 Å². The van der Waals surface area contributed by atoms with Gasteiger partial charge in [-0.3, -0.25) is 4.79 Å². The summed E-state index contributed by atoms with van der Waals surface area (Å²) in [6.45, 7) is 3.41. The maximum absolute atomic E-state index is 13.7. The van der Waals surface area contributed by atoms with Crippen LogP contribution in [-0.2, 0) is 0 Å². The van der Waals surface area contributed by atoms with Gasteiger partial charge < -0.3 is 10.2 Å². The number of halogens is 2. The summed E-state index contributed by atoms with van der Waals surface area (Å²) in [4.78, 5) is 14.7. The number of rotatable bonds is 3. The molecule has 0 bridgehead atoms. The lowest BCUT2D eigenvalue weighted by atomic mass is 9.96. The van der Waals surface area contributed by atoms with Gasteiger partial charge in [0, 0.05) is 13.1 Å². The largest absolute Gasteiger partial charge is 0.363 e. The van der Waals surface area contributed by atoms with Gasteiger partial charge in [-0.1, -0.05) is 29.8 Å². The molecule has 0 spiro atoms. The van der Waals surface area contributed by atoms with Gasteiger partial charge in [0.1, 0.15) is 17.4 Å². The van der Waals surface area contributed by atoms with E-state index in [0.29, 0.717) is 24.5 Å². The molecule has 2 aliphatic rings. The molecule has 2 aliphatic heterocycles. The Balaban J connectivity index is 1.67. The fraction of sp³-hybridized carbons (Fsp3) is 0.500. The number of piperidine rings is 1. The molecular formula is C20H24F2N4O. The van der Waals surface area contributed by atoms with E-state index in [1.807, 2.05) is 31.2 Å². The lowest BCUT2D eigenvalue weighted by molar-refractivity contribution is 0.0649. The predicted molar refractivity (Wildman–Crippen MR) is 99.2 cm³/mol. The van der Waals surface area contributed by atoms with Gasteiger partial charge in [0.2, 0.25) is 0 Å². The van der Waals surface area contributed by atoms with Crippen LogP contribution in [0.5, 0.6) is 0 Å². The van der Waals surface area contributed by atoms with Crippen LogP contribution in [0.1, 0.15) is 59.3 Å². The van der Waals surface area contributed by atoms with Crippen LogP contribution in [0.3, 0.4) is 0 Å². The molecule has 2 aromatic rings. The minimum atomic E-state index is -2.54. The normalized spacial score (nSPS) is 22.4. The van der Waals surface area contributed by atoms with Crippen LogP contribution in [0.4, 0.5) is 14.6 Å². The second kappa shape index (κ2) is 7.29. The van der Waals surface area contributed by atoms with Crippen molar-refractivity contribution < 1.29 is 13.6 Å². The molecule has 1 N–H and O–H groups in total. The van der Waals surface area contributed by atoms with Gasteiger partial charge in [-0.2, -0.15) is 5.10 Å². The van der Waals surface area contributed by atoms with E-state index in [2.05, 4.69) is 10.4 Å². The number of carbonyl (C=O) groups excluding carboxylic acids is 1. The van der Waals surface area contributed by atoms with Crippen molar-refractivity contribution in [1.29, 1.82) is 0 Å². The summed E-state index contributed by atoms with van der Waals surface area (Å²) in [6, 6.07) is 6.53. The van der Waals surface area contributed by atoms with Crippen LogP contribution in [0.2, 0.25) is 0 Å². The van der Waals surface area contributed by atoms with E-state index in [9.17, 15) is 13.6 Å². The number of amides is 1. The molecule has 1 amide bonds. The van der Waals surface area contributed by atoms with Gasteiger partial charge in [-0.25, -0.2) is 13.5 Å². The second-order valence-electron chi connectivity index (χ2n) is 7.45. The highest BCUT2D eigenvalue weighted by atomic mass is 19.3. The van der Waals surface area contributed by atoms with Gasteiger partial charge in [-0.05, 0) is 38.2 Å². The summed E-state index contributed by atoms with van der Waals surface area (Å²) in [5.41, 5.74) is 2.44. The zero-order chi connectivity index (χ0) is 19.0. The Morgan fingerprint density at radius 3 is 2.56 bits per heavy atom. The first-order chi connectivity index (χ1) is 13.0. The number of aromatic nitrogens is 2. The molecule has 27 heavy (non-hydrogen) atoms. The van der Waals surface area contributed by atoms with E-state index >= 15 is 0 Å². The number of anilines is 1. The van der Waals surface area contributed by atoms with Crippen molar-refractivity contribution in [1.82, 2.24) is 14.7 Å². The summed E-state index contributed by atoms with van der Waals surface area (Å²) in [7, 11) is 0. The number of aryl methyl sites for hydroxylation is 1. The molecule has 0 saturated carbocycles. The van der Waals surface area contributed by atoms with Crippen molar-refractivity contribution in [3.05, 3.63) is 47.2 Å². The van der Waals surface area contributed by atoms with Crippen molar-refractivity contribution >= 4 is 11.7 Å². The van der Waals surface area contributed by atoms with E-state index < -0.39 is 12.5 Å². The summed E-state index contributed by atoms with van der Waals surface area (Å²) in [5.74, 6) is 0.286. The number of carbonyl (C=O) groups is 1. The first-order valence-electron chi connectivity index (χ1n) is 9.52. The van der Waals surface area contributed by atoms with E-state index in [4.69, 9.17) is 0 Å². The number of benzene rings is 1. The zero-order valence-corrected chi connectivity index (χ0v) is 15.4. The Labute approximate surface area is 157 Å². The number of nitrogens with one attached hydrogen (secondary N) is 1. The Bertz CT molecular complexity index is 812. The van der Waals surface area contributed by atoms with Gasteiger partial charge in [-0.15, -0.1) is 0 Å². The Morgan fingerprint density at radius 1 is 1.19 bits per heavy atom. The molecule has 1 saturated heterocycles. The van der Waals surface area contributed by atoms with Crippen LogP contribution >= 0.6 is 0 Å². The third kappa shape index (κ3) is 3.42. The minimum absolute atomic E-state index is 0.124. The first-order valence-corrected chi connectivity index (χ1v) is 9.52. The van der Waals surface area contributed by atoms with Crippen LogP contribution < -0.4 is 5.32 Å². The maximum Gasteiger partial charge on any atom is 0.260 e. The topological polar surface area (TPSA) is 50.2 Å². The van der Waals surface area contributed by atoms with Gasteiger partial charge in [0.15, 0.2) is 0 Å². The lowest BCUT2D eigenvalue weighted by Gasteiger charge is -2.33. The third-order valence-corrected chi connectivity index (χ3v) is 5.54. The van der Waals surface area contributed by atoms with Crippen LogP contribution in [0.15, 0.2) is 30.5 Å². The Hall–Kier alpha value is -2.44. The zero-order valence-electron chi connectivity index (χ0n) is 15.4. The number of fused-ring (bicyclic) bond motifs is 1. The molecule has 0 radical (unpaired) electrons. The lowest BCUT2D eigenvalue weighted by Crippen LogP contribution is -2.37. The number of alkyl halides is 2. The smallest absolute Gasteiger partial charge is 0.260 e. The first kappa shape index (κ1) is 17.9. The molecule has 3 heterocycles. The fourth-order valence-electron chi connectivity index (χ4n) is 3.97. The Kier molecular flexibility index (Phi) is 4.85. The number of nitrogens with zero attached hydrogens (tertiary/aromatic N) is 3. The molecule has 144 valence electrons. The van der Waals surface area contributed by atoms with Crippen LogP contribution in [0.25, 0.3) is 0 Å². The summed E-state index contributed by atoms with van der Waals surface area (Å²) < 4.78 is 28.8. The third-order valence-electron chi connectivity index (χ3n) is 5.54. The SMILES string of the molecule is Cc1ccc([C@H]2C[C@H](C(F)F)n3ncc(C(=O)N4CCCCC4)c3N2)cc1. The molecule has 0 aliphatic carbocycles. The summed E-state index contributed by atoms with van der Waals surface area (Å²) in [5, 5.41) is 7.45. The summed E-state index contributed by atoms with van der Waals surface area (Å²) in [6.07, 6.45) is 2.20. The van der Waals surface area contributed by atoms with Crippen molar-refractivity contribution in [2.45, 2.75) is 51.1 Å². The highest BCUT2D eigenvalue weighted by Gasteiger charge is 2.37. The fourth-order valence-corrected chi connectivity index (χ4v) is 3.97. The van der Waals surface area contributed by atoms with Crippen molar-refractivity contribution in [2.75, 3.05) is 18.4 Å². The van der Waals surface area contributed by atoms with Gasteiger partial charge in [0.05, 0.1) is 12.2 Å². The standard InChI is InChI=1S/C20H24F2N4O/c1-13-5-7-14(8-6-13)16-11-17(18(21)22)26-19(24-16)15(12-23-26)20(27)25-9-3-2-4-10-25/h5-8,12,16-18,24H,2-4,9-11H2,1H3/t16-,17-/m1/s1. The molecule has 5 nitrogen and oxygen atoms in total. The predicted octanol–water partition coefficient (Wildman–Crippen LogP) is 4.18. The van der Waals surface area contributed by atoms with Crippen LogP contribution in [0, 0.1) is 6.92 Å². The molecule has 2 atom stereocenters. The highest BCUT2D eigenvalue weighted by Crippen LogP contribution is 2.39. The second-order valence-corrected chi connectivity index (χ2v) is 7.45. The number of hydrogen-bond acceptors (Lipinski definition) is 3. The summed E-state index contributed by atoms with van der Waals surface area (Å²) >= 11 is 0. The number of likely N-dealkylation sites (tertiary alicyclic amines) is 1. The quantitative estimate of drug-likeness (QED) is 0.877. The monoisotopic (exact) mass is 374 g/mol. The van der Waals surface area contributed by atoms with Gasteiger partial charge in [0.25, 0.3) is 12.3 Å². The van der Waals surface area contributed by atoms with E-state index in [1.165, 1.54) is 10.9 Å². The number of hydrogen-bond donors (Lipinski definition) is 1. The minimum Gasteiger partial charge on any atom is -0.363 e. The van der Waals surface area contributed by atoms with E-state index in [0.717, 1.165) is 30.4 Å². The molecule has 7 heteroatoms. The van der Waals surface area contributed by atoms with Crippen molar-refractivity contribution in [3.63, 3.8) is 0 Å². The maximum atomic E-state index is 13.7. The molecule has 1 fully saturated rings. The molecule has 1 aromatic heterocycles. The van der Waals surface area contributed by atoms with E-state index in [1.54, 1.807) is 4.90 Å². The average Bonchev–Trinajstić information content (AvgIpc) is 3.11. The average molecular weight is 374 g/mol. The highest BCUT2D eigenvalue weighted by molar-refractivity contribution is 5.99.